The van der Waals surface area contributed by atoms with Gasteiger partial charge in [-0.25, -0.2) is 0 Å². The summed E-state index contributed by atoms with van der Waals surface area (Å²) in [7, 11) is 1.73. The molecule has 0 N–H and O–H groups in total. The third-order valence-electron chi connectivity index (χ3n) is 5.07. The number of benzene rings is 1. The minimum atomic E-state index is -0.0553. The van der Waals surface area contributed by atoms with Gasteiger partial charge < -0.3 is 13.8 Å². The first-order valence-corrected chi connectivity index (χ1v) is 8.61. The summed E-state index contributed by atoms with van der Waals surface area (Å²) in [4.78, 5) is 13.2. The molecule has 126 valence electrons. The molecule has 2 aromatic heterocycles. The van der Waals surface area contributed by atoms with Gasteiger partial charge in [0, 0.05) is 13.2 Å². The highest BCUT2D eigenvalue weighted by Gasteiger charge is 2.28. The highest BCUT2D eigenvalue weighted by atomic mass is 35.5. The molecule has 1 fully saturated rings. The van der Waals surface area contributed by atoms with Crippen molar-refractivity contribution in [2.75, 3.05) is 7.11 Å². The SMILES string of the molecule is CO[C@@H]1CCC[C@H](n2c(=O)c3c(C)noc3c3c(Cl)cccc32)C1. The maximum Gasteiger partial charge on any atom is 0.264 e. The lowest BCUT2D eigenvalue weighted by Gasteiger charge is -2.30. The van der Waals surface area contributed by atoms with Crippen LogP contribution in [0.25, 0.3) is 21.9 Å². The predicted molar refractivity (Wildman–Crippen MR) is 93.8 cm³/mol. The van der Waals surface area contributed by atoms with E-state index >= 15 is 0 Å². The van der Waals surface area contributed by atoms with Crippen LogP contribution in [0.3, 0.4) is 0 Å². The number of ether oxygens (including phenoxy) is 1. The Morgan fingerprint density at radius 1 is 1.33 bits per heavy atom. The molecular weight excluding hydrogens is 328 g/mol. The van der Waals surface area contributed by atoms with Crippen molar-refractivity contribution in [2.24, 2.45) is 0 Å². The Hall–Kier alpha value is -1.85. The molecule has 6 heteroatoms. The van der Waals surface area contributed by atoms with Crippen molar-refractivity contribution < 1.29 is 9.26 Å². The minimum Gasteiger partial charge on any atom is -0.381 e. The molecular formula is C18H19ClN2O3. The van der Waals surface area contributed by atoms with Crippen molar-refractivity contribution >= 4 is 33.5 Å². The van der Waals surface area contributed by atoms with Gasteiger partial charge in [-0.05, 0) is 44.7 Å². The number of halogens is 1. The average molecular weight is 347 g/mol. The third-order valence-corrected chi connectivity index (χ3v) is 5.39. The molecule has 5 nitrogen and oxygen atoms in total. The van der Waals surface area contributed by atoms with E-state index in [4.69, 9.17) is 20.9 Å². The van der Waals surface area contributed by atoms with Gasteiger partial charge >= 0.3 is 0 Å². The number of hydrogen-bond acceptors (Lipinski definition) is 4. The Kier molecular flexibility index (Phi) is 3.85. The van der Waals surface area contributed by atoms with Crippen molar-refractivity contribution in [3.05, 3.63) is 39.3 Å². The van der Waals surface area contributed by atoms with Crippen molar-refractivity contribution in [1.82, 2.24) is 9.72 Å². The van der Waals surface area contributed by atoms with Gasteiger partial charge in [-0.15, -0.1) is 0 Å². The van der Waals surface area contributed by atoms with Crippen LogP contribution in [0.15, 0.2) is 27.5 Å². The lowest BCUT2D eigenvalue weighted by molar-refractivity contribution is 0.0533. The molecule has 3 aromatic rings. The van der Waals surface area contributed by atoms with Crippen LogP contribution in [0.2, 0.25) is 5.02 Å². The zero-order chi connectivity index (χ0) is 16.8. The van der Waals surface area contributed by atoms with E-state index in [1.54, 1.807) is 14.0 Å². The molecule has 0 unspecified atom stereocenters. The van der Waals surface area contributed by atoms with Crippen LogP contribution < -0.4 is 5.56 Å². The number of methoxy groups -OCH3 is 1. The highest BCUT2D eigenvalue weighted by molar-refractivity contribution is 6.37. The van der Waals surface area contributed by atoms with Crippen molar-refractivity contribution in [2.45, 2.75) is 44.8 Å². The second-order valence-corrected chi connectivity index (χ2v) is 6.87. The summed E-state index contributed by atoms with van der Waals surface area (Å²) in [5.74, 6) is 0. The lowest BCUT2D eigenvalue weighted by atomic mass is 9.92. The molecule has 0 amide bonds. The largest absolute Gasteiger partial charge is 0.381 e. The number of fused-ring (bicyclic) bond motifs is 3. The Morgan fingerprint density at radius 2 is 2.17 bits per heavy atom. The van der Waals surface area contributed by atoms with Gasteiger partial charge in [-0.1, -0.05) is 22.8 Å². The standard InChI is InChI=1S/C18H19ClN2O3/c1-10-15-17(24-20-10)16-13(19)7-4-8-14(16)21(18(15)22)11-5-3-6-12(9-11)23-2/h4,7-8,11-12H,3,5-6,9H2,1-2H3/t11-,12+/m0/s1. The van der Waals surface area contributed by atoms with Crippen LogP contribution in [-0.2, 0) is 4.74 Å². The molecule has 24 heavy (non-hydrogen) atoms. The normalized spacial score (nSPS) is 21.6. The molecule has 1 aliphatic carbocycles. The van der Waals surface area contributed by atoms with Gasteiger partial charge in [0.15, 0.2) is 5.58 Å². The lowest BCUT2D eigenvalue weighted by Crippen LogP contribution is -2.31. The van der Waals surface area contributed by atoms with Crippen LogP contribution in [-0.4, -0.2) is 22.9 Å². The molecule has 0 radical (unpaired) electrons. The first kappa shape index (κ1) is 15.7. The summed E-state index contributed by atoms with van der Waals surface area (Å²) in [5.41, 5.74) is 1.83. The zero-order valence-electron chi connectivity index (χ0n) is 13.7. The van der Waals surface area contributed by atoms with Crippen molar-refractivity contribution in [3.63, 3.8) is 0 Å². The molecule has 2 heterocycles. The Balaban J connectivity index is 2.06. The first-order chi connectivity index (χ1) is 11.6. The van der Waals surface area contributed by atoms with Gasteiger partial charge in [-0.2, -0.15) is 0 Å². The summed E-state index contributed by atoms with van der Waals surface area (Å²) in [5, 5.41) is 5.85. The number of aryl methyl sites for hydroxylation is 1. The second-order valence-electron chi connectivity index (χ2n) is 6.46. The minimum absolute atomic E-state index is 0.0553. The molecule has 4 rings (SSSR count). The third kappa shape index (κ3) is 2.26. The molecule has 1 aromatic carbocycles. The van der Waals surface area contributed by atoms with Crippen molar-refractivity contribution in [3.8, 4) is 0 Å². The fourth-order valence-electron chi connectivity index (χ4n) is 3.89. The molecule has 0 spiro atoms. The predicted octanol–water partition coefficient (Wildman–Crippen LogP) is 4.23. The molecule has 1 aliphatic rings. The zero-order valence-corrected chi connectivity index (χ0v) is 14.5. The molecule has 2 atom stereocenters. The van der Waals surface area contributed by atoms with Gasteiger partial charge in [0.05, 0.1) is 27.7 Å². The van der Waals surface area contributed by atoms with E-state index in [-0.39, 0.29) is 17.7 Å². The molecule has 0 aliphatic heterocycles. The fraction of sp³-hybridized carbons (Fsp3) is 0.444. The van der Waals surface area contributed by atoms with E-state index in [9.17, 15) is 4.79 Å². The van der Waals surface area contributed by atoms with Gasteiger partial charge in [0.25, 0.3) is 5.56 Å². The molecule has 0 bridgehead atoms. The van der Waals surface area contributed by atoms with E-state index in [0.29, 0.717) is 21.7 Å². The topological polar surface area (TPSA) is 57.3 Å². The Labute approximate surface area is 144 Å². The second kappa shape index (κ2) is 5.90. The van der Waals surface area contributed by atoms with Crippen LogP contribution in [0.1, 0.15) is 37.4 Å². The van der Waals surface area contributed by atoms with Crippen LogP contribution in [0.4, 0.5) is 0 Å². The Bertz CT molecular complexity index is 976. The average Bonchev–Trinajstić information content (AvgIpc) is 2.97. The van der Waals surface area contributed by atoms with E-state index in [1.807, 2.05) is 22.8 Å². The smallest absolute Gasteiger partial charge is 0.264 e. The molecule has 1 saturated carbocycles. The number of aromatic nitrogens is 2. The summed E-state index contributed by atoms with van der Waals surface area (Å²) in [6.07, 6.45) is 4.04. The maximum atomic E-state index is 13.2. The fourth-order valence-corrected chi connectivity index (χ4v) is 4.15. The molecule has 0 saturated heterocycles. The number of hydrogen-bond donors (Lipinski definition) is 0. The van der Waals surface area contributed by atoms with Crippen molar-refractivity contribution in [1.29, 1.82) is 0 Å². The van der Waals surface area contributed by atoms with Gasteiger partial charge in [0.1, 0.15) is 5.39 Å². The van der Waals surface area contributed by atoms with E-state index in [0.717, 1.165) is 36.6 Å². The van der Waals surface area contributed by atoms with E-state index in [2.05, 4.69) is 5.16 Å². The van der Waals surface area contributed by atoms with Crippen LogP contribution in [0, 0.1) is 6.92 Å². The van der Waals surface area contributed by atoms with Gasteiger partial charge in [-0.3, -0.25) is 4.79 Å². The van der Waals surface area contributed by atoms with Gasteiger partial charge in [0.2, 0.25) is 0 Å². The number of nitrogens with zero attached hydrogens (tertiary/aromatic N) is 2. The van der Waals surface area contributed by atoms with Crippen LogP contribution >= 0.6 is 11.6 Å². The quantitative estimate of drug-likeness (QED) is 0.696. The first-order valence-electron chi connectivity index (χ1n) is 8.23. The summed E-state index contributed by atoms with van der Waals surface area (Å²) < 4.78 is 12.9. The van der Waals surface area contributed by atoms with E-state index in [1.165, 1.54) is 0 Å². The van der Waals surface area contributed by atoms with E-state index < -0.39 is 0 Å². The highest BCUT2D eigenvalue weighted by Crippen LogP contribution is 2.36. The Morgan fingerprint density at radius 3 is 2.96 bits per heavy atom. The monoisotopic (exact) mass is 346 g/mol. The summed E-state index contributed by atoms with van der Waals surface area (Å²) >= 11 is 6.44. The summed E-state index contributed by atoms with van der Waals surface area (Å²) in [6.45, 7) is 1.79. The van der Waals surface area contributed by atoms with Crippen LogP contribution in [0.5, 0.6) is 0 Å². The summed E-state index contributed by atoms with van der Waals surface area (Å²) in [6, 6.07) is 5.70. The maximum absolute atomic E-state index is 13.2. The number of pyridine rings is 1. The number of rotatable bonds is 2.